The van der Waals surface area contributed by atoms with Crippen molar-refractivity contribution >= 4 is 77.2 Å². The van der Waals surface area contributed by atoms with Gasteiger partial charge in [-0.1, -0.05) is 109 Å². The van der Waals surface area contributed by atoms with E-state index in [9.17, 15) is 0 Å². The molecule has 236 valence electrons. The Hall–Kier alpha value is -7.12. The predicted octanol–water partition coefficient (Wildman–Crippen LogP) is 10.6. The van der Waals surface area contributed by atoms with Gasteiger partial charge in [0, 0.05) is 44.3 Å². The first kappa shape index (κ1) is 26.8. The third kappa shape index (κ3) is 3.46. The van der Waals surface area contributed by atoms with Crippen LogP contribution in [0, 0.1) is 0 Å². The summed E-state index contributed by atoms with van der Waals surface area (Å²) in [5.74, 6) is 2.74. The van der Waals surface area contributed by atoms with Gasteiger partial charge in [0.15, 0.2) is 11.6 Å². The minimum Gasteiger partial charge on any atom is -0.304 e. The summed E-state index contributed by atoms with van der Waals surface area (Å²) in [5, 5.41) is 7.22. The van der Waals surface area contributed by atoms with E-state index in [1.54, 1.807) is 0 Å². The molecule has 11 aromatic rings. The molecule has 0 amide bonds. The van der Waals surface area contributed by atoms with Gasteiger partial charge in [-0.3, -0.25) is 9.47 Å². The molecule has 7 heteroatoms. The summed E-state index contributed by atoms with van der Waals surface area (Å²) in [4.78, 5) is 22.5. The van der Waals surface area contributed by atoms with E-state index >= 15 is 0 Å². The van der Waals surface area contributed by atoms with Crippen LogP contribution in [0.15, 0.2) is 152 Å². The molecule has 0 saturated carbocycles. The molecular formula is C44H25N7. The number of pyridine rings is 1. The van der Waals surface area contributed by atoms with Crippen LogP contribution in [-0.2, 0) is 0 Å². The van der Waals surface area contributed by atoms with Crippen LogP contribution in [0.5, 0.6) is 0 Å². The quantitative estimate of drug-likeness (QED) is 0.189. The number of hydrogen-bond donors (Lipinski definition) is 0. The van der Waals surface area contributed by atoms with Gasteiger partial charge in [-0.15, -0.1) is 0 Å². The Labute approximate surface area is 290 Å². The summed E-state index contributed by atoms with van der Waals surface area (Å²) < 4.78 is 4.81. The van der Waals surface area contributed by atoms with Gasteiger partial charge in [-0.25, -0.2) is 9.97 Å². The van der Waals surface area contributed by atoms with Gasteiger partial charge in [-0.2, -0.15) is 9.97 Å². The lowest BCUT2D eigenvalue weighted by atomic mass is 10.0. The zero-order chi connectivity index (χ0) is 33.2. The first-order valence-corrected chi connectivity index (χ1v) is 17.1. The Balaban J connectivity index is 1.26. The zero-order valence-corrected chi connectivity index (χ0v) is 27.1. The molecule has 1 aliphatic rings. The molecule has 0 bridgehead atoms. The molecule has 12 rings (SSSR count). The number of hydrogen-bond acceptors (Lipinski definition) is 5. The fourth-order valence-corrected chi connectivity index (χ4v) is 8.45. The normalized spacial score (nSPS) is 12.7. The highest BCUT2D eigenvalue weighted by Gasteiger charge is 2.32. The van der Waals surface area contributed by atoms with Crippen molar-refractivity contribution < 1.29 is 0 Å². The lowest BCUT2D eigenvalue weighted by Gasteiger charge is -2.29. The summed E-state index contributed by atoms with van der Waals surface area (Å²) in [6.07, 6.45) is 1.87. The third-order valence-electron chi connectivity index (χ3n) is 10.5. The van der Waals surface area contributed by atoms with Crippen molar-refractivity contribution in [3.63, 3.8) is 0 Å². The highest BCUT2D eigenvalue weighted by Crippen LogP contribution is 2.52. The SMILES string of the molecule is c1ccc(-c2nc(-c3ccccc3)nc(N3c4cccc5c6cccc7c6c6c(ccc8c9cccc3c9n(c45)c86)n7-c3ccccn3)n2)cc1. The average molecular weight is 652 g/mol. The van der Waals surface area contributed by atoms with Crippen molar-refractivity contribution in [3.05, 3.63) is 152 Å². The van der Waals surface area contributed by atoms with Gasteiger partial charge < -0.3 is 4.40 Å². The van der Waals surface area contributed by atoms with Gasteiger partial charge in [-0.05, 0) is 41.8 Å². The Bertz CT molecular complexity index is 3130. The number of rotatable bonds is 4. The lowest BCUT2D eigenvalue weighted by Crippen LogP contribution is -2.19. The highest BCUT2D eigenvalue weighted by molar-refractivity contribution is 6.35. The molecule has 7 nitrogen and oxygen atoms in total. The number of anilines is 3. The summed E-state index contributed by atoms with van der Waals surface area (Å²) in [7, 11) is 0. The van der Waals surface area contributed by atoms with Crippen LogP contribution >= 0.6 is 0 Å². The molecule has 0 atom stereocenters. The van der Waals surface area contributed by atoms with E-state index in [2.05, 4.69) is 117 Å². The second kappa shape index (κ2) is 9.74. The van der Waals surface area contributed by atoms with Gasteiger partial charge in [0.1, 0.15) is 5.82 Å². The lowest BCUT2D eigenvalue weighted by molar-refractivity contribution is 1.02. The molecule has 1 aliphatic heterocycles. The number of aromatic nitrogens is 6. The summed E-state index contributed by atoms with van der Waals surface area (Å²) in [5.41, 5.74) is 9.66. The van der Waals surface area contributed by atoms with Crippen LogP contribution < -0.4 is 4.90 Å². The number of fused-ring (bicyclic) bond motifs is 2. The molecular weight excluding hydrogens is 627 g/mol. The minimum absolute atomic E-state index is 0.577. The molecule has 0 unspecified atom stereocenters. The second-order valence-corrected chi connectivity index (χ2v) is 13.1. The molecule has 51 heavy (non-hydrogen) atoms. The van der Waals surface area contributed by atoms with Gasteiger partial charge in [0.25, 0.3) is 0 Å². The van der Waals surface area contributed by atoms with Crippen molar-refractivity contribution in [3.8, 4) is 28.6 Å². The van der Waals surface area contributed by atoms with Crippen molar-refractivity contribution in [2.75, 3.05) is 4.90 Å². The van der Waals surface area contributed by atoms with Crippen LogP contribution in [-0.4, -0.2) is 28.9 Å². The van der Waals surface area contributed by atoms with E-state index < -0.39 is 0 Å². The first-order chi connectivity index (χ1) is 25.3. The maximum atomic E-state index is 5.23. The molecule has 0 fully saturated rings. The summed E-state index contributed by atoms with van der Waals surface area (Å²) >= 11 is 0. The van der Waals surface area contributed by atoms with Gasteiger partial charge >= 0.3 is 0 Å². The topological polar surface area (TPSA) is 64.1 Å². The zero-order valence-electron chi connectivity index (χ0n) is 27.1. The maximum absolute atomic E-state index is 5.23. The Kier molecular flexibility index (Phi) is 5.12. The van der Waals surface area contributed by atoms with Crippen molar-refractivity contribution in [1.29, 1.82) is 0 Å². The summed E-state index contributed by atoms with van der Waals surface area (Å²) in [6, 6.07) is 50.8. The van der Waals surface area contributed by atoms with Crippen molar-refractivity contribution in [2.24, 2.45) is 0 Å². The molecule has 0 N–H and O–H groups in total. The van der Waals surface area contributed by atoms with Crippen LogP contribution in [0.25, 0.3) is 88.5 Å². The van der Waals surface area contributed by atoms with E-state index in [-0.39, 0.29) is 0 Å². The molecule has 6 aromatic carbocycles. The van der Waals surface area contributed by atoms with E-state index in [1.807, 2.05) is 48.7 Å². The molecule has 0 saturated heterocycles. The Morgan fingerprint density at radius 1 is 0.412 bits per heavy atom. The van der Waals surface area contributed by atoms with E-state index in [1.165, 1.54) is 32.4 Å². The standard InChI is InChI=1S/C44H25N7/c1-3-12-26(13-4-1)42-46-43(27-14-5-2-6-15-27)48-44(47-42)50-34-20-10-17-29-28-16-9-19-32-37(28)38-33(49(32)36-22-7-8-25-45-36)24-23-31-30-18-11-21-35(50)40(30)51(39(29)34)41(31)38/h1-25H. The first-order valence-electron chi connectivity index (χ1n) is 17.1. The van der Waals surface area contributed by atoms with Gasteiger partial charge in [0.05, 0.1) is 39.0 Å². The fraction of sp³-hybridized carbons (Fsp3) is 0. The van der Waals surface area contributed by atoms with Crippen LogP contribution in [0.3, 0.4) is 0 Å². The van der Waals surface area contributed by atoms with Crippen molar-refractivity contribution in [1.82, 2.24) is 28.9 Å². The smallest absolute Gasteiger partial charge is 0.238 e. The fourth-order valence-electron chi connectivity index (χ4n) is 8.45. The molecule has 6 heterocycles. The average Bonchev–Trinajstić information content (AvgIpc) is 3.68. The van der Waals surface area contributed by atoms with E-state index in [0.29, 0.717) is 17.6 Å². The van der Waals surface area contributed by atoms with Crippen LogP contribution in [0.1, 0.15) is 0 Å². The molecule has 0 aliphatic carbocycles. The molecule has 0 spiro atoms. The molecule has 0 radical (unpaired) electrons. The summed E-state index contributed by atoms with van der Waals surface area (Å²) in [6.45, 7) is 0. The van der Waals surface area contributed by atoms with Gasteiger partial charge in [0.2, 0.25) is 5.95 Å². The third-order valence-corrected chi connectivity index (χ3v) is 10.5. The van der Waals surface area contributed by atoms with Crippen molar-refractivity contribution in [2.45, 2.75) is 0 Å². The largest absolute Gasteiger partial charge is 0.304 e. The number of benzene rings is 6. The second-order valence-electron chi connectivity index (χ2n) is 13.1. The maximum Gasteiger partial charge on any atom is 0.238 e. The monoisotopic (exact) mass is 651 g/mol. The van der Waals surface area contributed by atoms with Crippen LogP contribution in [0.2, 0.25) is 0 Å². The molecule has 5 aromatic heterocycles. The number of para-hydroxylation sites is 2. The number of nitrogens with zero attached hydrogens (tertiary/aromatic N) is 7. The van der Waals surface area contributed by atoms with E-state index in [0.717, 1.165) is 55.8 Å². The minimum atomic E-state index is 0.577. The Morgan fingerprint density at radius 3 is 1.67 bits per heavy atom. The van der Waals surface area contributed by atoms with Crippen LogP contribution in [0.4, 0.5) is 17.3 Å². The van der Waals surface area contributed by atoms with E-state index in [4.69, 9.17) is 19.9 Å². The Morgan fingerprint density at radius 2 is 1.00 bits per heavy atom. The predicted molar refractivity (Wildman–Crippen MR) is 206 cm³/mol. The highest BCUT2D eigenvalue weighted by atomic mass is 15.3.